The van der Waals surface area contributed by atoms with Gasteiger partial charge in [-0.15, -0.1) is 0 Å². The molecule has 0 aromatic heterocycles. The van der Waals surface area contributed by atoms with Gasteiger partial charge in [0.25, 0.3) is 11.1 Å². The van der Waals surface area contributed by atoms with Gasteiger partial charge in [0.05, 0.1) is 10.6 Å². The van der Waals surface area contributed by atoms with Crippen LogP contribution in [0.25, 0.3) is 6.08 Å². The summed E-state index contributed by atoms with van der Waals surface area (Å²) in [4.78, 5) is 27.9. The fourth-order valence-corrected chi connectivity index (χ4v) is 3.90. The average molecular weight is 364 g/mol. The molecule has 0 aliphatic carbocycles. The minimum absolute atomic E-state index is 0.290. The van der Waals surface area contributed by atoms with Crippen molar-refractivity contribution in [2.45, 2.75) is 19.3 Å². The van der Waals surface area contributed by atoms with Crippen LogP contribution in [0.2, 0.25) is 0 Å². The van der Waals surface area contributed by atoms with Crippen LogP contribution in [0.1, 0.15) is 24.8 Å². The van der Waals surface area contributed by atoms with E-state index in [9.17, 15) is 14.0 Å². The summed E-state index contributed by atoms with van der Waals surface area (Å²) in [5.74, 6) is -0.620. The highest BCUT2D eigenvalue weighted by molar-refractivity contribution is 8.18. The van der Waals surface area contributed by atoms with E-state index in [1.54, 1.807) is 25.3 Å². The van der Waals surface area contributed by atoms with Gasteiger partial charge in [0.1, 0.15) is 5.82 Å². The van der Waals surface area contributed by atoms with Crippen molar-refractivity contribution < 1.29 is 18.7 Å². The molecule has 2 heterocycles. The van der Waals surface area contributed by atoms with Crippen LogP contribution in [-0.4, -0.2) is 49.4 Å². The molecule has 0 spiro atoms. The summed E-state index contributed by atoms with van der Waals surface area (Å²) in [5, 5.41) is -0.290. The zero-order valence-corrected chi connectivity index (χ0v) is 15.0. The lowest BCUT2D eigenvalue weighted by molar-refractivity contribution is -0.122. The van der Waals surface area contributed by atoms with Crippen molar-refractivity contribution in [2.75, 3.05) is 38.3 Å². The molecule has 2 saturated heterocycles. The maximum atomic E-state index is 14.4. The van der Waals surface area contributed by atoms with E-state index < -0.39 is 0 Å². The van der Waals surface area contributed by atoms with Crippen LogP contribution < -0.4 is 4.90 Å². The van der Waals surface area contributed by atoms with Crippen LogP contribution in [0.15, 0.2) is 23.1 Å². The molecule has 25 heavy (non-hydrogen) atoms. The normalized spacial score (nSPS) is 19.5. The van der Waals surface area contributed by atoms with Crippen molar-refractivity contribution in [1.29, 1.82) is 0 Å². The molecule has 0 atom stereocenters. The number of benzene rings is 1. The number of carbonyl (C=O) groups excluding carboxylic acids is 2. The van der Waals surface area contributed by atoms with Crippen molar-refractivity contribution >= 4 is 34.7 Å². The van der Waals surface area contributed by atoms with Gasteiger partial charge in [0.15, 0.2) is 0 Å². The Balaban J connectivity index is 1.73. The lowest BCUT2D eigenvalue weighted by Gasteiger charge is -2.18. The summed E-state index contributed by atoms with van der Waals surface area (Å²) in [5.41, 5.74) is 1.19. The van der Waals surface area contributed by atoms with E-state index >= 15 is 0 Å². The fraction of sp³-hybridized carbons (Fsp3) is 0.444. The molecule has 0 radical (unpaired) electrons. The van der Waals surface area contributed by atoms with E-state index in [0.717, 1.165) is 37.7 Å². The molecule has 2 amide bonds. The Labute approximate surface area is 150 Å². The van der Waals surface area contributed by atoms with Gasteiger partial charge in [-0.05, 0) is 54.8 Å². The largest absolute Gasteiger partial charge is 0.385 e. The van der Waals surface area contributed by atoms with Crippen molar-refractivity contribution in [3.63, 3.8) is 0 Å². The molecular weight excluding hydrogens is 343 g/mol. The molecule has 0 unspecified atom stereocenters. The lowest BCUT2D eigenvalue weighted by atomic mass is 10.1. The molecule has 5 nitrogen and oxygen atoms in total. The van der Waals surface area contributed by atoms with Gasteiger partial charge in [-0.2, -0.15) is 0 Å². The third kappa shape index (κ3) is 4.04. The first-order chi connectivity index (χ1) is 12.1. The number of anilines is 1. The molecule has 0 N–H and O–H groups in total. The van der Waals surface area contributed by atoms with Crippen LogP contribution in [0.5, 0.6) is 0 Å². The molecular formula is C18H21FN2O3S. The Morgan fingerprint density at radius 2 is 2.04 bits per heavy atom. The van der Waals surface area contributed by atoms with Crippen molar-refractivity contribution in [3.8, 4) is 0 Å². The van der Waals surface area contributed by atoms with Crippen LogP contribution >= 0.6 is 11.8 Å². The molecule has 7 heteroatoms. The van der Waals surface area contributed by atoms with Crippen molar-refractivity contribution in [3.05, 3.63) is 34.5 Å². The predicted molar refractivity (Wildman–Crippen MR) is 97.0 cm³/mol. The van der Waals surface area contributed by atoms with Gasteiger partial charge in [-0.3, -0.25) is 14.5 Å². The van der Waals surface area contributed by atoms with Crippen LogP contribution in [0.3, 0.4) is 0 Å². The molecule has 1 aromatic rings. The molecule has 0 bridgehead atoms. The molecule has 134 valence electrons. The first-order valence-electron chi connectivity index (χ1n) is 8.39. The molecule has 2 aliphatic heterocycles. The van der Waals surface area contributed by atoms with E-state index in [2.05, 4.69) is 0 Å². The Bertz CT molecular complexity index is 702. The Morgan fingerprint density at radius 1 is 1.28 bits per heavy atom. The smallest absolute Gasteiger partial charge is 0.293 e. The topological polar surface area (TPSA) is 49.9 Å². The first-order valence-corrected chi connectivity index (χ1v) is 9.20. The number of methoxy groups -OCH3 is 1. The highest BCUT2D eigenvalue weighted by Gasteiger charge is 2.34. The summed E-state index contributed by atoms with van der Waals surface area (Å²) in [6.45, 7) is 2.56. The number of amides is 2. The second-order valence-electron chi connectivity index (χ2n) is 6.08. The first kappa shape index (κ1) is 17.9. The van der Waals surface area contributed by atoms with E-state index in [0.29, 0.717) is 35.7 Å². The number of carbonyl (C=O) groups is 2. The third-order valence-electron chi connectivity index (χ3n) is 4.32. The lowest BCUT2D eigenvalue weighted by Crippen LogP contribution is -2.29. The number of imide groups is 1. The Kier molecular flexibility index (Phi) is 5.75. The molecule has 2 fully saturated rings. The number of nitrogens with zero attached hydrogens (tertiary/aromatic N) is 2. The van der Waals surface area contributed by atoms with Gasteiger partial charge in [-0.1, -0.05) is 6.07 Å². The maximum Gasteiger partial charge on any atom is 0.293 e. The quantitative estimate of drug-likeness (QED) is 0.571. The predicted octanol–water partition coefficient (Wildman–Crippen LogP) is 3.50. The van der Waals surface area contributed by atoms with Gasteiger partial charge in [-0.25, -0.2) is 4.39 Å². The fourth-order valence-electron chi connectivity index (χ4n) is 3.04. The molecule has 3 rings (SSSR count). The highest BCUT2D eigenvalue weighted by atomic mass is 32.2. The van der Waals surface area contributed by atoms with E-state index in [-0.39, 0.29) is 17.0 Å². The number of rotatable bonds is 6. The molecule has 2 aliphatic rings. The maximum absolute atomic E-state index is 14.4. The van der Waals surface area contributed by atoms with Gasteiger partial charge >= 0.3 is 0 Å². The Morgan fingerprint density at radius 3 is 2.72 bits per heavy atom. The van der Waals surface area contributed by atoms with Gasteiger partial charge in [0.2, 0.25) is 0 Å². The van der Waals surface area contributed by atoms with Gasteiger partial charge < -0.3 is 9.64 Å². The standard InChI is InChI=1S/C18H21FN2O3S/c1-24-10-4-9-21-17(22)16(25-18(21)23)12-13-5-6-15(14(19)11-13)20-7-2-3-8-20/h5-6,11-12H,2-4,7-10H2,1H3/b16-12+. The number of halogens is 1. The van der Waals surface area contributed by atoms with Crippen LogP contribution in [0, 0.1) is 5.82 Å². The number of ether oxygens (including phenoxy) is 1. The minimum atomic E-state index is -0.324. The zero-order chi connectivity index (χ0) is 17.8. The summed E-state index contributed by atoms with van der Waals surface area (Å²) in [6.07, 6.45) is 4.34. The van der Waals surface area contributed by atoms with E-state index in [1.807, 2.05) is 4.90 Å². The number of thioether (sulfide) groups is 1. The van der Waals surface area contributed by atoms with E-state index in [1.165, 1.54) is 11.0 Å². The minimum Gasteiger partial charge on any atom is -0.385 e. The summed E-state index contributed by atoms with van der Waals surface area (Å²) in [6, 6.07) is 4.96. The van der Waals surface area contributed by atoms with Crippen LogP contribution in [0.4, 0.5) is 14.9 Å². The van der Waals surface area contributed by atoms with E-state index in [4.69, 9.17) is 4.74 Å². The Hall–Kier alpha value is -1.86. The summed E-state index contributed by atoms with van der Waals surface area (Å²) < 4.78 is 19.3. The second kappa shape index (κ2) is 8.01. The average Bonchev–Trinajstić information content (AvgIpc) is 3.19. The second-order valence-corrected chi connectivity index (χ2v) is 7.08. The summed E-state index contributed by atoms with van der Waals surface area (Å²) in [7, 11) is 1.58. The third-order valence-corrected chi connectivity index (χ3v) is 5.23. The zero-order valence-electron chi connectivity index (χ0n) is 14.2. The molecule has 1 aromatic carbocycles. The number of hydrogen-bond acceptors (Lipinski definition) is 5. The van der Waals surface area contributed by atoms with Crippen molar-refractivity contribution in [2.24, 2.45) is 0 Å². The van der Waals surface area contributed by atoms with Crippen molar-refractivity contribution in [1.82, 2.24) is 4.90 Å². The highest BCUT2D eigenvalue weighted by Crippen LogP contribution is 2.33. The summed E-state index contributed by atoms with van der Waals surface area (Å²) >= 11 is 0.895. The molecule has 0 saturated carbocycles. The SMILES string of the molecule is COCCCN1C(=O)S/C(=C/c2ccc(N3CCCC3)c(F)c2)C1=O. The van der Waals surface area contributed by atoms with Crippen LogP contribution in [-0.2, 0) is 9.53 Å². The monoisotopic (exact) mass is 364 g/mol. The van der Waals surface area contributed by atoms with Gasteiger partial charge in [0, 0.05) is 33.4 Å². The number of hydrogen-bond donors (Lipinski definition) is 0.